The molecule has 0 radical (unpaired) electrons. The Labute approximate surface area is 219 Å². The molecule has 3 atom stereocenters. The average molecular weight is 536 g/mol. The van der Waals surface area contributed by atoms with Gasteiger partial charge in [-0.3, -0.25) is 19.3 Å². The molecule has 178 valence electrons. The number of halogens is 3. The standard InChI is InChI=1S/C19H33N4O4.3ClH.Ti/c1-12(24)16-9-21(5)18(14(3)26)11-23(7)19(15(4)27)10-22(6)17(8-20-16)13(2)25;;;;/h16-18,20H,8-11H2,1-7H3;3*1H;/q-1;;;;+4/p-3. The molecule has 0 aromatic heterocycles. The maximum absolute atomic E-state index is 12.2. The van der Waals surface area contributed by atoms with Gasteiger partial charge in [0.2, 0.25) is 0 Å². The van der Waals surface area contributed by atoms with Crippen LogP contribution >= 0.6 is 0 Å². The zero-order valence-electron chi connectivity index (χ0n) is 19.2. The molecule has 0 aliphatic carbocycles. The number of nitrogens with zero attached hydrogens (tertiary/aromatic N) is 3. The summed E-state index contributed by atoms with van der Waals surface area (Å²) in [7, 11) is 5.36. The van der Waals surface area contributed by atoms with Gasteiger partial charge in [0.05, 0.1) is 18.1 Å². The van der Waals surface area contributed by atoms with Crippen molar-refractivity contribution in [3.63, 3.8) is 0 Å². The molecule has 1 fully saturated rings. The fraction of sp³-hybridized carbons (Fsp3) is 0.737. The van der Waals surface area contributed by atoms with E-state index < -0.39 is 18.1 Å². The first kappa shape index (κ1) is 38.2. The first-order valence-corrected chi connectivity index (χ1v) is 9.18. The predicted molar refractivity (Wildman–Crippen MR) is 103 cm³/mol. The Kier molecular flexibility index (Phi) is 21.5. The zero-order chi connectivity index (χ0) is 20.9. The quantitative estimate of drug-likeness (QED) is 0.281. The molecule has 0 aromatic carbocycles. The van der Waals surface area contributed by atoms with Gasteiger partial charge >= 0.3 is 21.7 Å². The predicted octanol–water partition coefficient (Wildman–Crippen LogP) is -9.61. The molecule has 0 amide bonds. The molecule has 0 aromatic rings. The fourth-order valence-electron chi connectivity index (χ4n) is 3.41. The van der Waals surface area contributed by atoms with Gasteiger partial charge < -0.3 is 57.1 Å². The van der Waals surface area contributed by atoms with Crippen LogP contribution in [0.2, 0.25) is 0 Å². The van der Waals surface area contributed by atoms with Gasteiger partial charge in [0, 0.05) is 18.9 Å². The van der Waals surface area contributed by atoms with E-state index in [1.54, 1.807) is 26.0 Å². The molecule has 8 nitrogen and oxygen atoms in total. The molecule has 31 heavy (non-hydrogen) atoms. The van der Waals surface area contributed by atoms with Crippen LogP contribution in [0.25, 0.3) is 0 Å². The maximum Gasteiger partial charge on any atom is 4.00 e. The van der Waals surface area contributed by atoms with Gasteiger partial charge in [0.25, 0.3) is 0 Å². The van der Waals surface area contributed by atoms with Crippen LogP contribution in [0.5, 0.6) is 0 Å². The van der Waals surface area contributed by atoms with Crippen LogP contribution < -0.4 is 42.5 Å². The molecule has 1 aliphatic rings. The summed E-state index contributed by atoms with van der Waals surface area (Å²) in [5.41, 5.74) is 0. The van der Waals surface area contributed by atoms with E-state index in [0.29, 0.717) is 25.7 Å². The second-order valence-corrected chi connectivity index (χ2v) is 7.56. The third kappa shape index (κ3) is 11.6. The number of carbonyl (C=O) groups is 4. The van der Waals surface area contributed by atoms with Crippen molar-refractivity contribution >= 4 is 23.1 Å². The van der Waals surface area contributed by atoms with E-state index in [4.69, 9.17) is 0 Å². The second-order valence-electron chi connectivity index (χ2n) is 7.56. The molecule has 1 rings (SSSR count). The molecule has 3 unspecified atom stereocenters. The number of ketones is 4. The monoisotopic (exact) mass is 534 g/mol. The number of hydrogen-bond donors (Lipinski definition) is 1. The third-order valence-electron chi connectivity index (χ3n) is 5.23. The minimum Gasteiger partial charge on any atom is -1.00 e. The topological polar surface area (TPSA) is 90.0 Å². The van der Waals surface area contributed by atoms with E-state index in [9.17, 15) is 19.2 Å². The van der Waals surface area contributed by atoms with Crippen molar-refractivity contribution < 1.29 is 78.1 Å². The minimum atomic E-state index is -0.479. The van der Waals surface area contributed by atoms with E-state index in [2.05, 4.69) is 5.32 Å². The van der Waals surface area contributed by atoms with Crippen LogP contribution in [0.3, 0.4) is 0 Å². The SMILES string of the molecule is CC(=O)[C-]1CN(C)C(C(C)=O)CNC(C(C)=O)CN(C)C(C(C)=O)CN1C.[Cl-].[Cl-].[Cl-].[Ti+4]. The summed E-state index contributed by atoms with van der Waals surface area (Å²) >= 11 is 0. The van der Waals surface area contributed by atoms with Crippen molar-refractivity contribution in [3.8, 4) is 0 Å². The molecule has 1 heterocycles. The molecule has 1 aliphatic heterocycles. The molecule has 0 spiro atoms. The normalized spacial score (nSPS) is 24.0. The summed E-state index contributed by atoms with van der Waals surface area (Å²) in [4.78, 5) is 54.1. The van der Waals surface area contributed by atoms with Crippen molar-refractivity contribution in [1.29, 1.82) is 0 Å². The number of likely N-dealkylation sites (N-methyl/N-ethyl adjacent to an activating group) is 3. The summed E-state index contributed by atoms with van der Waals surface area (Å²) in [6, 6.07) is -0.829. The van der Waals surface area contributed by atoms with E-state index >= 15 is 0 Å². The third-order valence-corrected chi connectivity index (χ3v) is 5.23. The number of hydrogen-bond acceptors (Lipinski definition) is 8. The van der Waals surface area contributed by atoms with E-state index in [-0.39, 0.29) is 88.6 Å². The Morgan fingerprint density at radius 3 is 1.65 bits per heavy atom. The molecule has 0 saturated carbocycles. The van der Waals surface area contributed by atoms with Crippen molar-refractivity contribution in [1.82, 2.24) is 20.0 Å². The number of nitrogens with one attached hydrogen (secondary N) is 1. The Morgan fingerprint density at radius 2 is 1.26 bits per heavy atom. The van der Waals surface area contributed by atoms with Crippen molar-refractivity contribution in [3.05, 3.63) is 6.04 Å². The van der Waals surface area contributed by atoms with E-state index in [0.717, 1.165) is 0 Å². The minimum absolute atomic E-state index is 0. The van der Waals surface area contributed by atoms with Crippen LogP contribution in [0.4, 0.5) is 0 Å². The first-order valence-electron chi connectivity index (χ1n) is 9.18. The van der Waals surface area contributed by atoms with Crippen LogP contribution in [-0.2, 0) is 40.9 Å². The van der Waals surface area contributed by atoms with Gasteiger partial charge in [0.1, 0.15) is 17.3 Å². The Morgan fingerprint density at radius 1 is 0.774 bits per heavy atom. The number of Topliss-reactive ketones (excluding diaryl/α,β-unsaturated/α-hetero) is 4. The van der Waals surface area contributed by atoms with Crippen molar-refractivity contribution in [2.45, 2.75) is 45.8 Å². The van der Waals surface area contributed by atoms with E-state index in [1.165, 1.54) is 27.7 Å². The molecule has 1 saturated heterocycles. The van der Waals surface area contributed by atoms with Gasteiger partial charge in [-0.05, 0) is 55.4 Å². The summed E-state index contributed by atoms with van der Waals surface area (Å²) in [6.07, 6.45) is 0. The smallest absolute Gasteiger partial charge is 1.00 e. The number of carbonyl (C=O) groups excluding carboxylic acids is 4. The van der Waals surface area contributed by atoms with Gasteiger partial charge in [-0.25, -0.2) is 6.04 Å². The van der Waals surface area contributed by atoms with Gasteiger partial charge in [-0.1, -0.05) is 6.54 Å². The molecular formula is C19H33Cl3N4O4Ti. The Bertz CT molecular complexity index is 601. The maximum atomic E-state index is 12.2. The van der Waals surface area contributed by atoms with E-state index in [1.807, 2.05) is 9.80 Å². The zero-order valence-corrected chi connectivity index (χ0v) is 23.0. The summed E-state index contributed by atoms with van der Waals surface area (Å²) in [5.74, 6) is -0.204. The molecule has 1 N–H and O–H groups in total. The fourth-order valence-corrected chi connectivity index (χ4v) is 3.41. The first-order chi connectivity index (χ1) is 12.5. The Balaban J connectivity index is -0.000000911. The summed E-state index contributed by atoms with van der Waals surface area (Å²) < 4.78 is 0. The van der Waals surface area contributed by atoms with Gasteiger partial charge in [-0.15, -0.1) is 0 Å². The van der Waals surface area contributed by atoms with Crippen molar-refractivity contribution in [2.24, 2.45) is 0 Å². The largest absolute Gasteiger partial charge is 4.00 e. The average Bonchev–Trinajstić information content (AvgIpc) is 2.54. The molecule has 12 heteroatoms. The summed E-state index contributed by atoms with van der Waals surface area (Å²) in [5, 5.41) is 3.17. The van der Waals surface area contributed by atoms with Crippen LogP contribution in [-0.4, -0.2) is 103 Å². The van der Waals surface area contributed by atoms with Crippen LogP contribution in [0.1, 0.15) is 27.7 Å². The molecule has 0 bridgehead atoms. The van der Waals surface area contributed by atoms with Gasteiger partial charge in [-0.2, -0.15) is 0 Å². The van der Waals surface area contributed by atoms with Crippen LogP contribution in [0, 0.1) is 6.04 Å². The van der Waals surface area contributed by atoms with Crippen LogP contribution in [0.15, 0.2) is 0 Å². The second kappa shape index (κ2) is 17.4. The van der Waals surface area contributed by atoms with Gasteiger partial charge in [0.15, 0.2) is 0 Å². The number of rotatable bonds is 4. The summed E-state index contributed by atoms with van der Waals surface area (Å²) in [6.45, 7) is 7.28. The van der Waals surface area contributed by atoms with Crippen molar-refractivity contribution in [2.75, 3.05) is 47.3 Å². The Hall–Kier alpha value is -0.0257. The molecular weight excluding hydrogens is 502 g/mol.